The third kappa shape index (κ3) is 2.82. The molecule has 2 aromatic carbocycles. The van der Waals surface area contributed by atoms with Gasteiger partial charge in [-0.05, 0) is 35.9 Å². The number of pyridine rings is 1. The molecule has 3 heterocycles. The lowest BCUT2D eigenvalue weighted by Crippen LogP contribution is -2.30. The highest BCUT2D eigenvalue weighted by Gasteiger charge is 2.44. The quantitative estimate of drug-likeness (QED) is 0.442. The zero-order valence-corrected chi connectivity index (χ0v) is 16.3. The Balaban J connectivity index is 1.82. The molecular weight excluding hydrogens is 411 g/mol. The van der Waals surface area contributed by atoms with Crippen LogP contribution in [-0.4, -0.2) is 10.9 Å². The summed E-state index contributed by atoms with van der Waals surface area (Å²) in [6.45, 7) is 0. The van der Waals surface area contributed by atoms with Gasteiger partial charge in [0.25, 0.3) is 5.91 Å². The van der Waals surface area contributed by atoms with E-state index in [4.69, 9.17) is 27.6 Å². The van der Waals surface area contributed by atoms with Crippen molar-refractivity contribution >= 4 is 45.9 Å². The van der Waals surface area contributed by atoms with E-state index in [1.54, 1.807) is 30.3 Å². The van der Waals surface area contributed by atoms with Gasteiger partial charge < -0.3 is 4.42 Å². The van der Waals surface area contributed by atoms with Gasteiger partial charge in [-0.25, -0.2) is 4.98 Å². The highest BCUT2D eigenvalue weighted by Crippen LogP contribution is 2.40. The lowest BCUT2D eigenvalue weighted by molar-refractivity contribution is 0.0970. The summed E-state index contributed by atoms with van der Waals surface area (Å²) in [7, 11) is 0. The standard InChI is InChI=1S/C22H12Cl2N2O3/c23-13-6-8-16-15(10-13)20(27)18-19(12-4-2-1-3-5-12)26(22(28)21(18)29-16)17-9-7-14(24)11-25-17/h1-11,19H. The predicted molar refractivity (Wildman–Crippen MR) is 112 cm³/mol. The minimum atomic E-state index is -0.674. The molecular formula is C22H12Cl2N2O3. The molecule has 142 valence electrons. The van der Waals surface area contributed by atoms with Crippen LogP contribution in [0, 0.1) is 0 Å². The average molecular weight is 423 g/mol. The minimum Gasteiger partial charge on any atom is -0.450 e. The van der Waals surface area contributed by atoms with Gasteiger partial charge in [-0.2, -0.15) is 0 Å². The molecule has 0 saturated carbocycles. The van der Waals surface area contributed by atoms with E-state index in [0.29, 0.717) is 26.8 Å². The number of benzene rings is 2. The molecule has 2 aromatic heterocycles. The van der Waals surface area contributed by atoms with E-state index < -0.39 is 11.9 Å². The van der Waals surface area contributed by atoms with Crippen molar-refractivity contribution in [3.8, 4) is 0 Å². The van der Waals surface area contributed by atoms with Gasteiger partial charge in [0.1, 0.15) is 11.4 Å². The molecule has 0 spiro atoms. The van der Waals surface area contributed by atoms with Crippen molar-refractivity contribution in [1.82, 2.24) is 4.98 Å². The average Bonchev–Trinajstić information content (AvgIpc) is 3.03. The van der Waals surface area contributed by atoms with Crippen molar-refractivity contribution in [1.29, 1.82) is 0 Å². The van der Waals surface area contributed by atoms with Gasteiger partial charge in [-0.15, -0.1) is 0 Å². The molecule has 5 nitrogen and oxygen atoms in total. The normalized spacial score (nSPS) is 15.7. The summed E-state index contributed by atoms with van der Waals surface area (Å²) in [4.78, 5) is 32.5. The summed E-state index contributed by atoms with van der Waals surface area (Å²) in [6.07, 6.45) is 1.46. The van der Waals surface area contributed by atoms with E-state index >= 15 is 0 Å². The highest BCUT2D eigenvalue weighted by molar-refractivity contribution is 6.31. The van der Waals surface area contributed by atoms with Crippen LogP contribution < -0.4 is 10.3 Å². The number of hydrogen-bond donors (Lipinski definition) is 0. The molecule has 0 aliphatic carbocycles. The first kappa shape index (κ1) is 17.9. The Morgan fingerprint density at radius 2 is 1.69 bits per heavy atom. The van der Waals surface area contributed by atoms with Crippen molar-refractivity contribution in [2.75, 3.05) is 4.90 Å². The maximum atomic E-state index is 13.4. The fraction of sp³-hybridized carbons (Fsp3) is 0.0455. The zero-order chi connectivity index (χ0) is 20.1. The van der Waals surface area contributed by atoms with Gasteiger partial charge in [0.15, 0.2) is 5.43 Å². The second-order valence-electron chi connectivity index (χ2n) is 6.64. The molecule has 4 aromatic rings. The van der Waals surface area contributed by atoms with Crippen molar-refractivity contribution in [2.24, 2.45) is 0 Å². The minimum absolute atomic E-state index is 0.00965. The first-order chi connectivity index (χ1) is 14.0. The van der Waals surface area contributed by atoms with E-state index in [1.807, 2.05) is 30.3 Å². The fourth-order valence-electron chi connectivity index (χ4n) is 3.64. The first-order valence-electron chi connectivity index (χ1n) is 8.81. The third-order valence-corrected chi connectivity index (χ3v) is 5.36. The molecule has 0 N–H and O–H groups in total. The van der Waals surface area contributed by atoms with Crippen LogP contribution >= 0.6 is 23.2 Å². The van der Waals surface area contributed by atoms with Gasteiger partial charge in [0, 0.05) is 11.2 Å². The summed E-state index contributed by atoms with van der Waals surface area (Å²) < 4.78 is 5.88. The van der Waals surface area contributed by atoms with Crippen LogP contribution in [0.2, 0.25) is 10.0 Å². The second-order valence-corrected chi connectivity index (χ2v) is 7.51. The van der Waals surface area contributed by atoms with E-state index in [9.17, 15) is 9.59 Å². The Morgan fingerprint density at radius 3 is 2.41 bits per heavy atom. The largest absolute Gasteiger partial charge is 0.450 e. The van der Waals surface area contributed by atoms with Crippen LogP contribution in [-0.2, 0) is 0 Å². The van der Waals surface area contributed by atoms with Crippen LogP contribution in [0.25, 0.3) is 11.0 Å². The number of nitrogens with zero attached hydrogens (tertiary/aromatic N) is 2. The molecule has 0 bridgehead atoms. The topological polar surface area (TPSA) is 63.4 Å². The Morgan fingerprint density at radius 1 is 0.931 bits per heavy atom. The number of halogens is 2. The van der Waals surface area contributed by atoms with E-state index in [1.165, 1.54) is 11.1 Å². The predicted octanol–water partition coefficient (Wildman–Crippen LogP) is 5.24. The lowest BCUT2D eigenvalue weighted by Gasteiger charge is -2.24. The summed E-state index contributed by atoms with van der Waals surface area (Å²) in [5.74, 6) is -0.0470. The van der Waals surface area contributed by atoms with Crippen molar-refractivity contribution in [3.63, 3.8) is 0 Å². The maximum Gasteiger partial charge on any atom is 0.296 e. The molecule has 1 unspecified atom stereocenters. The van der Waals surface area contributed by atoms with E-state index in [-0.39, 0.29) is 16.8 Å². The smallest absolute Gasteiger partial charge is 0.296 e. The van der Waals surface area contributed by atoms with Crippen LogP contribution in [0.15, 0.2) is 76.1 Å². The van der Waals surface area contributed by atoms with Gasteiger partial charge in [0.2, 0.25) is 5.76 Å². The van der Waals surface area contributed by atoms with Crippen LogP contribution in [0.3, 0.4) is 0 Å². The maximum absolute atomic E-state index is 13.4. The summed E-state index contributed by atoms with van der Waals surface area (Å²) in [6, 6.07) is 16.7. The lowest BCUT2D eigenvalue weighted by atomic mass is 9.98. The fourth-order valence-corrected chi connectivity index (χ4v) is 3.93. The third-order valence-electron chi connectivity index (χ3n) is 4.91. The number of rotatable bonds is 2. The number of aromatic nitrogens is 1. The molecule has 1 amide bonds. The molecule has 7 heteroatoms. The zero-order valence-electron chi connectivity index (χ0n) is 14.8. The summed E-state index contributed by atoms with van der Waals surface area (Å²) in [5, 5.41) is 1.20. The Labute approximate surface area is 175 Å². The van der Waals surface area contributed by atoms with Crippen molar-refractivity contribution < 1.29 is 9.21 Å². The van der Waals surface area contributed by atoms with Gasteiger partial charge >= 0.3 is 0 Å². The number of hydrogen-bond acceptors (Lipinski definition) is 4. The van der Waals surface area contributed by atoms with Crippen LogP contribution in [0.1, 0.15) is 27.7 Å². The van der Waals surface area contributed by atoms with Crippen LogP contribution in [0.5, 0.6) is 0 Å². The van der Waals surface area contributed by atoms with Gasteiger partial charge in [-0.3, -0.25) is 14.5 Å². The monoisotopic (exact) mass is 422 g/mol. The number of fused-ring (bicyclic) bond motifs is 2. The molecule has 0 radical (unpaired) electrons. The molecule has 1 atom stereocenters. The molecule has 1 aliphatic heterocycles. The second kappa shape index (κ2) is 6.72. The molecule has 0 fully saturated rings. The molecule has 5 rings (SSSR count). The van der Waals surface area contributed by atoms with Crippen LogP contribution in [0.4, 0.5) is 5.82 Å². The summed E-state index contributed by atoms with van der Waals surface area (Å²) in [5.41, 5.74) is 1.06. The number of carbonyl (C=O) groups is 1. The number of carbonyl (C=O) groups excluding carboxylic acids is 1. The van der Waals surface area contributed by atoms with Crippen molar-refractivity contribution in [2.45, 2.75) is 6.04 Å². The highest BCUT2D eigenvalue weighted by atomic mass is 35.5. The molecule has 1 aliphatic rings. The Bertz CT molecular complexity index is 1320. The number of amides is 1. The summed E-state index contributed by atoms with van der Waals surface area (Å²) >= 11 is 12.0. The SMILES string of the molecule is O=C1c2oc3ccc(Cl)cc3c(=O)c2C(c2ccccc2)N1c1ccc(Cl)cn1. The Kier molecular flexibility index (Phi) is 4.15. The van der Waals surface area contributed by atoms with Crippen molar-refractivity contribution in [3.05, 3.63) is 104 Å². The van der Waals surface area contributed by atoms with E-state index in [0.717, 1.165) is 5.56 Å². The van der Waals surface area contributed by atoms with E-state index in [2.05, 4.69) is 4.98 Å². The number of anilines is 1. The first-order valence-corrected chi connectivity index (χ1v) is 9.56. The Hall–Kier alpha value is -3.15. The van der Waals surface area contributed by atoms with Gasteiger partial charge in [0.05, 0.1) is 22.0 Å². The van der Waals surface area contributed by atoms with Gasteiger partial charge in [-0.1, -0.05) is 53.5 Å². The molecule has 29 heavy (non-hydrogen) atoms. The molecule has 0 saturated heterocycles.